The average Bonchev–Trinajstić information content (AvgIpc) is 3.59. The zero-order valence-corrected chi connectivity index (χ0v) is 27.1. The molecular formula is C37H42N8O2. The number of pyridine rings is 1. The number of carbonyl (C=O) groups is 2. The van der Waals surface area contributed by atoms with Gasteiger partial charge in [-0.15, -0.1) is 5.10 Å². The summed E-state index contributed by atoms with van der Waals surface area (Å²) in [6.45, 7) is 6.69. The number of hydrogen-bond acceptors (Lipinski definition) is 8. The molecule has 7 rings (SSSR count). The van der Waals surface area contributed by atoms with E-state index in [1.54, 1.807) is 12.4 Å². The van der Waals surface area contributed by atoms with Gasteiger partial charge in [0.1, 0.15) is 5.82 Å². The van der Waals surface area contributed by atoms with Gasteiger partial charge in [-0.25, -0.2) is 4.98 Å². The third kappa shape index (κ3) is 6.35. The Morgan fingerprint density at radius 1 is 0.979 bits per heavy atom. The summed E-state index contributed by atoms with van der Waals surface area (Å²) in [6, 6.07) is 22.4. The molecule has 4 aromatic rings. The minimum atomic E-state index is -0.635. The fourth-order valence-electron chi connectivity index (χ4n) is 7.67. The topological polar surface area (TPSA) is 115 Å². The number of amides is 2. The van der Waals surface area contributed by atoms with Crippen LogP contribution in [0.4, 0.5) is 17.3 Å². The lowest BCUT2D eigenvalue weighted by Crippen LogP contribution is -2.46. The quantitative estimate of drug-likeness (QED) is 0.237. The van der Waals surface area contributed by atoms with Gasteiger partial charge in [0.2, 0.25) is 11.8 Å². The molecule has 4 heterocycles. The second-order valence-electron chi connectivity index (χ2n) is 13.6. The molecule has 1 aliphatic carbocycles. The highest BCUT2D eigenvalue weighted by molar-refractivity contribution is 6.06. The number of piperidine rings is 1. The molecule has 1 fully saturated rings. The molecule has 1 spiro atoms. The molecule has 47 heavy (non-hydrogen) atoms. The number of anilines is 3. The highest BCUT2D eigenvalue weighted by atomic mass is 16.2. The third-order valence-corrected chi connectivity index (χ3v) is 10.2. The number of fused-ring (bicyclic) bond motifs is 3. The van der Waals surface area contributed by atoms with E-state index in [0.29, 0.717) is 25.2 Å². The first kappa shape index (κ1) is 31.0. The largest absolute Gasteiger partial charge is 0.355 e. The van der Waals surface area contributed by atoms with Crippen LogP contribution in [0.25, 0.3) is 0 Å². The maximum Gasteiger partial charge on any atom is 0.238 e. The van der Waals surface area contributed by atoms with Crippen LogP contribution in [-0.2, 0) is 40.9 Å². The standard InChI is InChI=1S/C37H42N8O2/c1-36(13-17-45(18-14-36)32-10-6-16-40-43-32)25-44(23-28-8-4-3-7-27(28)22-38-2)24-33(46)41-30-12-11-26-20-37(21-29(26)19-30)31-9-5-15-39-34(31)42-35(37)47/h3-12,15-16,19,38H,13-14,17-18,20-25H2,1-2H3,(H,41,46)(H,39,42,47)/t37-/m1/s1. The van der Waals surface area contributed by atoms with Crippen LogP contribution in [0.2, 0.25) is 0 Å². The molecule has 3 aliphatic rings. The molecular weight excluding hydrogens is 588 g/mol. The summed E-state index contributed by atoms with van der Waals surface area (Å²) in [5.74, 6) is 1.53. The molecule has 2 aromatic carbocycles. The van der Waals surface area contributed by atoms with Crippen molar-refractivity contribution in [3.05, 3.63) is 107 Å². The maximum atomic E-state index is 13.7. The van der Waals surface area contributed by atoms with Gasteiger partial charge in [-0.3, -0.25) is 14.5 Å². The monoisotopic (exact) mass is 630 g/mol. The molecule has 0 unspecified atom stereocenters. The minimum Gasteiger partial charge on any atom is -0.355 e. The van der Waals surface area contributed by atoms with Gasteiger partial charge in [0.15, 0.2) is 5.82 Å². The van der Waals surface area contributed by atoms with Crippen LogP contribution >= 0.6 is 0 Å². The second-order valence-corrected chi connectivity index (χ2v) is 13.6. The van der Waals surface area contributed by atoms with E-state index in [1.165, 1.54) is 11.1 Å². The van der Waals surface area contributed by atoms with E-state index in [2.05, 4.69) is 78.2 Å². The van der Waals surface area contributed by atoms with E-state index in [9.17, 15) is 9.59 Å². The maximum absolute atomic E-state index is 13.7. The van der Waals surface area contributed by atoms with Gasteiger partial charge in [-0.1, -0.05) is 43.3 Å². The van der Waals surface area contributed by atoms with Crippen molar-refractivity contribution < 1.29 is 9.59 Å². The smallest absolute Gasteiger partial charge is 0.238 e. The third-order valence-electron chi connectivity index (χ3n) is 10.2. The van der Waals surface area contributed by atoms with Gasteiger partial charge < -0.3 is 20.9 Å². The Morgan fingerprint density at radius 2 is 1.77 bits per heavy atom. The molecule has 1 atom stereocenters. The zero-order chi connectivity index (χ0) is 32.4. The van der Waals surface area contributed by atoms with Crippen LogP contribution in [0, 0.1) is 5.41 Å². The Labute approximate surface area is 276 Å². The average molecular weight is 631 g/mol. The Bertz CT molecular complexity index is 1770. The summed E-state index contributed by atoms with van der Waals surface area (Å²) >= 11 is 0. The van der Waals surface area contributed by atoms with Gasteiger partial charge in [-0.2, -0.15) is 5.10 Å². The van der Waals surface area contributed by atoms with Crippen LogP contribution in [-0.4, -0.2) is 65.1 Å². The van der Waals surface area contributed by atoms with Crippen molar-refractivity contribution in [2.45, 2.75) is 51.1 Å². The summed E-state index contributed by atoms with van der Waals surface area (Å²) in [5, 5.41) is 17.8. The van der Waals surface area contributed by atoms with Crippen molar-refractivity contribution in [2.75, 3.05) is 48.8 Å². The SMILES string of the molecule is CNCc1ccccc1CN(CC(=O)Nc1ccc2c(c1)C[C@@]1(C2)C(=O)Nc2ncccc21)CC1(C)CCN(c2cccnn2)CC1. The Hall–Kier alpha value is -4.67. The number of hydrogen-bond donors (Lipinski definition) is 3. The second kappa shape index (κ2) is 12.8. The van der Waals surface area contributed by atoms with Crippen molar-refractivity contribution in [1.29, 1.82) is 0 Å². The number of rotatable bonds is 10. The van der Waals surface area contributed by atoms with Crippen molar-refractivity contribution in [3.8, 4) is 0 Å². The molecule has 2 aliphatic heterocycles. The lowest BCUT2D eigenvalue weighted by molar-refractivity contribution is -0.120. The predicted octanol–water partition coefficient (Wildman–Crippen LogP) is 4.33. The summed E-state index contributed by atoms with van der Waals surface area (Å²) in [5.41, 5.74) is 5.82. The van der Waals surface area contributed by atoms with Crippen LogP contribution in [0.1, 0.15) is 47.6 Å². The molecule has 0 radical (unpaired) electrons. The number of carbonyl (C=O) groups excluding carboxylic acids is 2. The fourth-order valence-corrected chi connectivity index (χ4v) is 7.67. The summed E-state index contributed by atoms with van der Waals surface area (Å²) in [4.78, 5) is 35.9. The fraction of sp³-hybridized carbons (Fsp3) is 0.378. The van der Waals surface area contributed by atoms with Crippen LogP contribution in [0.15, 0.2) is 79.1 Å². The first-order valence-electron chi connectivity index (χ1n) is 16.5. The van der Waals surface area contributed by atoms with Crippen LogP contribution in [0.5, 0.6) is 0 Å². The molecule has 0 saturated carbocycles. The molecule has 2 amide bonds. The molecule has 242 valence electrons. The molecule has 10 heteroatoms. The van der Waals surface area contributed by atoms with Crippen molar-refractivity contribution in [3.63, 3.8) is 0 Å². The van der Waals surface area contributed by atoms with Crippen LogP contribution in [0.3, 0.4) is 0 Å². The highest BCUT2D eigenvalue weighted by Crippen LogP contribution is 2.47. The van der Waals surface area contributed by atoms with Crippen molar-refractivity contribution in [1.82, 2.24) is 25.4 Å². The molecule has 0 bridgehead atoms. The van der Waals surface area contributed by atoms with Gasteiger partial charge in [-0.05, 0) is 90.7 Å². The van der Waals surface area contributed by atoms with Crippen LogP contribution < -0.4 is 20.9 Å². The van der Waals surface area contributed by atoms with E-state index < -0.39 is 5.41 Å². The summed E-state index contributed by atoms with van der Waals surface area (Å²) in [7, 11) is 1.96. The highest BCUT2D eigenvalue weighted by Gasteiger charge is 2.51. The molecule has 1 saturated heterocycles. The minimum absolute atomic E-state index is 0.00166. The number of nitrogens with zero attached hydrogens (tertiary/aromatic N) is 5. The van der Waals surface area contributed by atoms with E-state index in [4.69, 9.17) is 0 Å². The predicted molar refractivity (Wildman–Crippen MR) is 183 cm³/mol. The Morgan fingerprint density at radius 3 is 2.55 bits per heavy atom. The first-order chi connectivity index (χ1) is 22.8. The molecule has 3 N–H and O–H groups in total. The van der Waals surface area contributed by atoms with E-state index in [1.807, 2.05) is 43.4 Å². The van der Waals surface area contributed by atoms with E-state index >= 15 is 0 Å². The van der Waals surface area contributed by atoms with Crippen molar-refractivity contribution >= 4 is 29.1 Å². The number of aromatic nitrogens is 3. The van der Waals surface area contributed by atoms with Gasteiger partial charge >= 0.3 is 0 Å². The van der Waals surface area contributed by atoms with Gasteiger partial charge in [0.25, 0.3) is 0 Å². The molecule has 10 nitrogen and oxygen atoms in total. The number of benzene rings is 2. The normalized spacial score (nSPS) is 19.5. The Balaban J connectivity index is 1.06. The lowest BCUT2D eigenvalue weighted by Gasteiger charge is -2.42. The Kier molecular flexibility index (Phi) is 8.46. The summed E-state index contributed by atoms with van der Waals surface area (Å²) in [6.07, 6.45) is 6.64. The lowest BCUT2D eigenvalue weighted by atomic mass is 9.79. The summed E-state index contributed by atoms with van der Waals surface area (Å²) < 4.78 is 0. The van der Waals surface area contributed by atoms with E-state index in [-0.39, 0.29) is 23.8 Å². The van der Waals surface area contributed by atoms with Gasteiger partial charge in [0.05, 0.1) is 12.0 Å². The first-order valence-corrected chi connectivity index (χ1v) is 16.5. The zero-order valence-electron chi connectivity index (χ0n) is 27.1. The van der Waals surface area contributed by atoms with Crippen molar-refractivity contribution in [2.24, 2.45) is 5.41 Å². The molecule has 2 aromatic heterocycles. The number of nitrogens with one attached hydrogen (secondary N) is 3. The van der Waals surface area contributed by atoms with Gasteiger partial charge in [0, 0.05) is 56.4 Å². The van der Waals surface area contributed by atoms with E-state index in [0.717, 1.165) is 67.2 Å².